The molecule has 0 aliphatic carbocycles. The van der Waals surface area contributed by atoms with Crippen molar-refractivity contribution in [3.8, 4) is 0 Å². The van der Waals surface area contributed by atoms with E-state index in [0.29, 0.717) is 30.3 Å². The zero-order valence-corrected chi connectivity index (χ0v) is 34.5. The number of aliphatic carboxylic acids is 1. The molecule has 0 aromatic rings. The molecule has 4 radical (unpaired) electrons. The van der Waals surface area contributed by atoms with Crippen LogP contribution in [-0.4, -0.2) is 54.1 Å². The molecule has 1 fully saturated rings. The van der Waals surface area contributed by atoms with Gasteiger partial charge >= 0.3 is 74.2 Å². The molecule has 45 heavy (non-hydrogen) atoms. The third kappa shape index (κ3) is 274. The van der Waals surface area contributed by atoms with Gasteiger partial charge in [0.15, 0.2) is 18.2 Å². The Labute approximate surface area is 324 Å². The van der Waals surface area contributed by atoms with Crippen molar-refractivity contribution in [1.29, 1.82) is 0 Å². The molecule has 1 rings (SSSR count). The van der Waals surface area contributed by atoms with E-state index in [1.807, 2.05) is 0 Å². The summed E-state index contributed by atoms with van der Waals surface area (Å²) in [5, 5.41) is 14.8. The van der Waals surface area contributed by atoms with Crippen LogP contribution < -0.4 is 11.0 Å². The maximum Gasteiger partial charge on any atom is 2.00 e. The normalized spacial score (nSPS) is 11.2. The molecule has 1 heterocycles. The summed E-state index contributed by atoms with van der Waals surface area (Å²) in [6.07, 6.45) is 2.70. The number of carbonyl (C=O) groups excluding carboxylic acids is 3. The summed E-state index contributed by atoms with van der Waals surface area (Å²) >= 11 is 0. The van der Waals surface area contributed by atoms with Gasteiger partial charge in [-0.25, -0.2) is 4.84 Å². The van der Waals surface area contributed by atoms with Gasteiger partial charge in [-0.05, 0) is 12.8 Å². The van der Waals surface area contributed by atoms with Gasteiger partial charge in [-0.2, -0.15) is 23.7 Å². The Kier molecular flexibility index (Phi) is 104. The number of nitrogens with one attached hydrogen (secondary N) is 2. The quantitative estimate of drug-likeness (QED) is 0.122. The molecule has 4 N–H and O–H groups in total. The smallest absolute Gasteiger partial charge is 0.503 e. The Bertz CT molecular complexity index is 515. The maximum absolute atomic E-state index is 10.3. The number of ether oxygens (including phenoxy) is 2. The second kappa shape index (κ2) is 62.4. The number of esters is 1. The molecule has 0 spiro atoms. The van der Waals surface area contributed by atoms with E-state index < -0.39 is 23.8 Å². The Hall–Kier alpha value is -0.422. The fourth-order valence-electron chi connectivity index (χ4n) is 0.936. The fourth-order valence-corrected chi connectivity index (χ4v) is 0.936. The van der Waals surface area contributed by atoms with E-state index in [9.17, 15) is 14.4 Å². The third-order valence-electron chi connectivity index (χ3n) is 1.79. The minimum Gasteiger partial charge on any atom is -0.503 e. The molecule has 1 atom stereocenters. The van der Waals surface area contributed by atoms with E-state index in [-0.39, 0.29) is 80.5 Å². The number of hydrogen-bond acceptors (Lipinski definition) is 8. The van der Waals surface area contributed by atoms with E-state index in [1.165, 1.54) is 12.6 Å². The van der Waals surface area contributed by atoms with E-state index in [1.54, 1.807) is 0 Å². The molecule has 1 saturated heterocycles. The first-order chi connectivity index (χ1) is 18.5. The van der Waals surface area contributed by atoms with Crippen molar-refractivity contribution >= 4 is 23.8 Å². The average Bonchev–Trinajstić information content (AvgIpc) is 2.77. The van der Waals surface area contributed by atoms with Crippen molar-refractivity contribution in [2.24, 2.45) is 23.7 Å². The standard InChI is InChI=1S/C7H12NO3.4C4H9.C3H5O2.C2H4NO2.C2H3O2.4V/c1-6(9)8-11-7-4-2-3-5-10-7;4*1-4(2)3;1-3(4)5-2;1-2(4)3-5;1-2(3)4;;;;/h7H,1-5H2,(H,8,9);4*4H,1H2,2-3H3;1H2,2H3;5H,1H2,(H,3,4);1H2,(H,3,4);;;;/q8*-1;4*+2. The van der Waals surface area contributed by atoms with Crippen LogP contribution in [0, 0.1) is 79.1 Å². The Balaban J connectivity index is -0.0000000336. The summed E-state index contributed by atoms with van der Waals surface area (Å²) in [7, 11) is 1.29. The molecule has 0 aromatic carbocycles. The van der Waals surface area contributed by atoms with Gasteiger partial charge in [0, 0.05) is 13.0 Å². The van der Waals surface area contributed by atoms with Crippen molar-refractivity contribution in [3.05, 3.63) is 55.4 Å². The minimum absolute atomic E-state index is 0. The zero-order valence-electron chi connectivity index (χ0n) is 28.9. The van der Waals surface area contributed by atoms with Crippen LogP contribution in [0.2, 0.25) is 0 Å². The molecule has 0 bridgehead atoms. The number of methoxy groups -OCH3 is 1. The van der Waals surface area contributed by atoms with Crippen LogP contribution in [0.3, 0.4) is 0 Å². The molecule has 0 aromatic heterocycles. The summed E-state index contributed by atoms with van der Waals surface area (Å²) < 4.78 is 9.16. The van der Waals surface area contributed by atoms with Gasteiger partial charge < -0.3 is 65.7 Å². The molecule has 1 aliphatic rings. The first kappa shape index (κ1) is 75.1. The molecular formula is C30H60N2O9V4. The Morgan fingerprint density at radius 2 is 0.956 bits per heavy atom. The Morgan fingerprint density at radius 3 is 1.09 bits per heavy atom. The predicted octanol–water partition coefficient (Wildman–Crippen LogP) is 5.52. The molecule has 1 aliphatic heterocycles. The summed E-state index contributed by atoms with van der Waals surface area (Å²) in [4.78, 5) is 42.9. The van der Waals surface area contributed by atoms with Gasteiger partial charge in [-0.3, -0.25) is 39.6 Å². The van der Waals surface area contributed by atoms with Crippen molar-refractivity contribution in [2.75, 3.05) is 13.7 Å². The topological polar surface area (TPSA) is 160 Å². The van der Waals surface area contributed by atoms with E-state index in [0.717, 1.165) is 19.3 Å². The first-order valence-electron chi connectivity index (χ1n) is 12.9. The molecular weight excluding hydrogens is 736 g/mol. The zero-order chi connectivity index (χ0) is 34.6. The number of carboxylic acids is 1. The summed E-state index contributed by atoms with van der Waals surface area (Å²) in [5.74, 6) is -0.380. The van der Waals surface area contributed by atoms with Gasteiger partial charge in [0.2, 0.25) is 0 Å². The van der Waals surface area contributed by atoms with E-state index in [2.05, 4.69) is 121 Å². The third-order valence-corrected chi connectivity index (χ3v) is 1.79. The van der Waals surface area contributed by atoms with E-state index >= 15 is 0 Å². The summed E-state index contributed by atoms with van der Waals surface area (Å²) in [6, 6.07) is 0. The number of carbonyl (C=O) groups is 4. The maximum atomic E-state index is 10.3. The number of hydroxylamine groups is 2. The van der Waals surface area contributed by atoms with Crippen LogP contribution in [0.4, 0.5) is 0 Å². The van der Waals surface area contributed by atoms with Crippen molar-refractivity contribution in [1.82, 2.24) is 11.0 Å². The number of carboxylic acid groups (broad SMARTS) is 1. The van der Waals surface area contributed by atoms with Crippen molar-refractivity contribution < 1.29 is 118 Å². The largest absolute Gasteiger partial charge is 2.00 e. The minimum atomic E-state index is -1.08. The summed E-state index contributed by atoms with van der Waals surface area (Å²) in [6.45, 7) is 43.0. The van der Waals surface area contributed by atoms with Crippen molar-refractivity contribution in [2.45, 2.75) is 80.9 Å². The molecule has 2 amide bonds. The van der Waals surface area contributed by atoms with Crippen LogP contribution in [0.1, 0.15) is 74.7 Å². The fraction of sp³-hybridized carbons (Fsp3) is 0.600. The second-order valence-electron chi connectivity index (χ2n) is 9.52. The number of rotatable bonds is 2. The SMILES string of the molecule is [CH2-]C(=O)NO.[CH2-]C(=O)NOC1CCCCO1.[CH2-]C(=O)O.[CH2-]C(=O)OC.[CH2-]C(C)C.[CH2-]C(C)C.[CH2-]C(C)C.[CH2-]C(C)C.[V+2].[V+2].[V+2].[V+2]. The molecule has 264 valence electrons. The van der Waals surface area contributed by atoms with Crippen LogP contribution in [-0.2, 0) is 108 Å². The first-order valence-corrected chi connectivity index (χ1v) is 12.9. The monoisotopic (exact) mass is 796 g/mol. The van der Waals surface area contributed by atoms with Gasteiger partial charge in [-0.1, -0.05) is 55.4 Å². The van der Waals surface area contributed by atoms with Gasteiger partial charge in [0.1, 0.15) is 11.8 Å². The van der Waals surface area contributed by atoms with Crippen LogP contribution in [0.25, 0.3) is 0 Å². The summed E-state index contributed by atoms with van der Waals surface area (Å²) in [5.41, 5.74) is 3.42. The number of hydrogen-bond donors (Lipinski definition) is 4. The van der Waals surface area contributed by atoms with Crippen LogP contribution >= 0.6 is 0 Å². The molecule has 15 heteroatoms. The van der Waals surface area contributed by atoms with Crippen molar-refractivity contribution in [3.63, 3.8) is 0 Å². The van der Waals surface area contributed by atoms with Gasteiger partial charge in [0.05, 0.1) is 7.11 Å². The number of amides is 2. The van der Waals surface area contributed by atoms with Crippen LogP contribution in [0.15, 0.2) is 0 Å². The molecule has 1 unspecified atom stereocenters. The predicted molar refractivity (Wildman–Crippen MR) is 165 cm³/mol. The molecule has 0 saturated carbocycles. The molecule has 11 nitrogen and oxygen atoms in total. The van der Waals surface area contributed by atoms with Gasteiger partial charge in [0.25, 0.3) is 0 Å². The second-order valence-corrected chi connectivity index (χ2v) is 9.52. The Morgan fingerprint density at radius 1 is 0.711 bits per heavy atom. The van der Waals surface area contributed by atoms with Crippen LogP contribution in [0.5, 0.6) is 0 Å². The van der Waals surface area contributed by atoms with Gasteiger partial charge in [-0.15, -0.1) is 0 Å². The average molecular weight is 797 g/mol. The van der Waals surface area contributed by atoms with E-state index in [4.69, 9.17) is 24.7 Å².